The van der Waals surface area contributed by atoms with Crippen LogP contribution in [0.1, 0.15) is 39.6 Å². The van der Waals surface area contributed by atoms with Crippen molar-refractivity contribution in [2.24, 2.45) is 5.92 Å². The molecule has 0 bridgehead atoms. The van der Waals surface area contributed by atoms with Crippen LogP contribution < -0.4 is 5.32 Å². The molecule has 2 aromatic heterocycles. The van der Waals surface area contributed by atoms with Gasteiger partial charge in [-0.05, 0) is 36.6 Å². The lowest BCUT2D eigenvalue weighted by Crippen LogP contribution is -2.49. The molecule has 0 aromatic carbocycles. The fraction of sp³-hybridized carbons (Fsp3) is 0.474. The molecule has 140 valence electrons. The Kier molecular flexibility index (Phi) is 5.78. The molecule has 7 heteroatoms. The number of aryl methyl sites for hydroxylation is 1. The number of amides is 2. The highest BCUT2D eigenvalue weighted by Gasteiger charge is 2.25. The summed E-state index contributed by atoms with van der Waals surface area (Å²) in [6, 6.07) is 5.12. The van der Waals surface area contributed by atoms with Crippen LogP contribution >= 0.6 is 11.3 Å². The Hall–Kier alpha value is -2.12. The molecule has 0 aliphatic carbocycles. The molecule has 3 heterocycles. The summed E-state index contributed by atoms with van der Waals surface area (Å²) >= 11 is 1.32. The highest BCUT2D eigenvalue weighted by atomic mass is 32.1. The Morgan fingerprint density at radius 1 is 1.27 bits per heavy atom. The Balaban J connectivity index is 1.62. The lowest BCUT2D eigenvalue weighted by molar-refractivity contribution is 0.0628. The van der Waals surface area contributed by atoms with Crippen LogP contribution in [0.2, 0.25) is 0 Å². The van der Waals surface area contributed by atoms with E-state index in [9.17, 15) is 9.59 Å². The molecule has 2 aromatic rings. The molecule has 0 atom stereocenters. The molecular formula is C19H25N3O3S. The van der Waals surface area contributed by atoms with Crippen molar-refractivity contribution < 1.29 is 14.0 Å². The van der Waals surface area contributed by atoms with Gasteiger partial charge in [-0.1, -0.05) is 13.8 Å². The van der Waals surface area contributed by atoms with Gasteiger partial charge in [-0.2, -0.15) is 0 Å². The Morgan fingerprint density at radius 3 is 2.62 bits per heavy atom. The van der Waals surface area contributed by atoms with Crippen LogP contribution in [0, 0.1) is 12.8 Å². The summed E-state index contributed by atoms with van der Waals surface area (Å²) in [5.74, 6) is 0.634. The van der Waals surface area contributed by atoms with Gasteiger partial charge in [-0.15, -0.1) is 11.3 Å². The molecule has 1 aliphatic rings. The number of furan rings is 1. The molecule has 1 saturated heterocycles. The minimum absolute atomic E-state index is 0.0511. The lowest BCUT2D eigenvalue weighted by atomic mass is 10.2. The number of anilines is 1. The van der Waals surface area contributed by atoms with Crippen molar-refractivity contribution in [3.8, 4) is 0 Å². The molecule has 3 rings (SSSR count). The highest BCUT2D eigenvalue weighted by Crippen LogP contribution is 2.28. The van der Waals surface area contributed by atoms with Crippen LogP contribution in [0.5, 0.6) is 0 Å². The van der Waals surface area contributed by atoms with E-state index in [0.717, 1.165) is 38.3 Å². The summed E-state index contributed by atoms with van der Waals surface area (Å²) in [6.07, 6.45) is 1.46. The lowest BCUT2D eigenvalue weighted by Gasteiger charge is -2.35. The molecule has 2 amide bonds. The third kappa shape index (κ3) is 4.34. The predicted molar refractivity (Wildman–Crippen MR) is 103 cm³/mol. The van der Waals surface area contributed by atoms with Crippen LogP contribution in [0.3, 0.4) is 0 Å². The van der Waals surface area contributed by atoms with Crippen molar-refractivity contribution in [1.82, 2.24) is 9.80 Å². The summed E-state index contributed by atoms with van der Waals surface area (Å²) in [5, 5.41) is 3.46. The minimum atomic E-state index is -0.308. The van der Waals surface area contributed by atoms with E-state index in [1.54, 1.807) is 12.1 Å². The Labute approximate surface area is 157 Å². The van der Waals surface area contributed by atoms with Gasteiger partial charge in [-0.3, -0.25) is 14.5 Å². The largest absolute Gasteiger partial charge is 0.459 e. The number of hydrogen-bond acceptors (Lipinski definition) is 5. The van der Waals surface area contributed by atoms with Gasteiger partial charge in [0.25, 0.3) is 11.8 Å². The molecule has 0 radical (unpaired) electrons. The van der Waals surface area contributed by atoms with Gasteiger partial charge in [0.1, 0.15) is 0 Å². The number of hydrogen-bond donors (Lipinski definition) is 1. The standard InChI is InChI=1S/C19H25N3O3S/c1-13(2)12-21-6-8-22(9-7-21)19(24)17-14(3)11-16(26-17)20-18(23)15-5-4-10-25-15/h4-5,10-11,13H,6-9,12H2,1-3H3,(H,20,23). The van der Waals surface area contributed by atoms with E-state index in [-0.39, 0.29) is 17.6 Å². The quantitative estimate of drug-likeness (QED) is 0.871. The third-order valence-electron chi connectivity index (χ3n) is 4.38. The molecule has 1 N–H and O–H groups in total. The number of carbonyl (C=O) groups excluding carboxylic acids is 2. The van der Waals surface area contributed by atoms with Crippen LogP contribution in [-0.4, -0.2) is 54.3 Å². The van der Waals surface area contributed by atoms with Gasteiger partial charge in [0.05, 0.1) is 16.1 Å². The zero-order valence-electron chi connectivity index (χ0n) is 15.4. The van der Waals surface area contributed by atoms with E-state index in [0.29, 0.717) is 15.8 Å². The number of nitrogens with one attached hydrogen (secondary N) is 1. The van der Waals surface area contributed by atoms with Crippen LogP contribution in [0.25, 0.3) is 0 Å². The van der Waals surface area contributed by atoms with Gasteiger partial charge in [0.2, 0.25) is 0 Å². The van der Waals surface area contributed by atoms with Crippen LogP contribution in [0.4, 0.5) is 5.00 Å². The normalized spacial score (nSPS) is 15.5. The van der Waals surface area contributed by atoms with Crippen LogP contribution in [0.15, 0.2) is 28.9 Å². The smallest absolute Gasteiger partial charge is 0.291 e. The maximum absolute atomic E-state index is 12.9. The number of rotatable bonds is 5. The van der Waals surface area contributed by atoms with Gasteiger partial charge in [-0.25, -0.2) is 0 Å². The molecule has 0 spiro atoms. The first-order chi connectivity index (χ1) is 12.4. The first-order valence-corrected chi connectivity index (χ1v) is 9.72. The fourth-order valence-electron chi connectivity index (χ4n) is 3.13. The number of piperazine rings is 1. The van der Waals surface area contributed by atoms with Crippen molar-refractivity contribution in [3.63, 3.8) is 0 Å². The van der Waals surface area contributed by atoms with Gasteiger partial charge < -0.3 is 14.6 Å². The van der Waals surface area contributed by atoms with Crippen molar-refractivity contribution in [2.75, 3.05) is 38.0 Å². The van der Waals surface area contributed by atoms with Crippen molar-refractivity contribution >= 4 is 28.2 Å². The number of thiophene rings is 1. The summed E-state index contributed by atoms with van der Waals surface area (Å²) in [4.78, 5) is 30.0. The van der Waals surface area contributed by atoms with E-state index in [1.165, 1.54) is 17.6 Å². The Morgan fingerprint density at radius 2 is 2.00 bits per heavy atom. The monoisotopic (exact) mass is 375 g/mol. The minimum Gasteiger partial charge on any atom is -0.459 e. The van der Waals surface area contributed by atoms with Crippen molar-refractivity contribution in [3.05, 3.63) is 40.7 Å². The summed E-state index contributed by atoms with van der Waals surface area (Å²) in [5.41, 5.74) is 0.888. The molecule has 6 nitrogen and oxygen atoms in total. The molecule has 26 heavy (non-hydrogen) atoms. The predicted octanol–water partition coefficient (Wildman–Crippen LogP) is 3.32. The maximum Gasteiger partial charge on any atom is 0.291 e. The average Bonchev–Trinajstić information content (AvgIpc) is 3.24. The highest BCUT2D eigenvalue weighted by molar-refractivity contribution is 7.18. The summed E-state index contributed by atoms with van der Waals surface area (Å²) in [6.45, 7) is 10.7. The van der Waals surface area contributed by atoms with Gasteiger partial charge >= 0.3 is 0 Å². The first-order valence-electron chi connectivity index (χ1n) is 8.91. The van der Waals surface area contributed by atoms with E-state index in [2.05, 4.69) is 24.1 Å². The molecule has 1 fully saturated rings. The van der Waals surface area contributed by atoms with Crippen molar-refractivity contribution in [1.29, 1.82) is 0 Å². The second-order valence-corrected chi connectivity index (χ2v) is 8.09. The van der Waals surface area contributed by atoms with Crippen molar-refractivity contribution in [2.45, 2.75) is 20.8 Å². The number of nitrogens with zero attached hydrogens (tertiary/aromatic N) is 2. The molecule has 0 saturated carbocycles. The van der Waals surface area contributed by atoms with E-state index >= 15 is 0 Å². The molecular weight excluding hydrogens is 350 g/mol. The molecule has 1 aliphatic heterocycles. The fourth-order valence-corrected chi connectivity index (χ4v) is 4.17. The zero-order valence-corrected chi connectivity index (χ0v) is 16.3. The third-order valence-corrected chi connectivity index (χ3v) is 5.52. The SMILES string of the molecule is Cc1cc(NC(=O)c2ccco2)sc1C(=O)N1CCN(CC(C)C)CC1. The van der Waals surface area contributed by atoms with E-state index in [1.807, 2.05) is 17.9 Å². The summed E-state index contributed by atoms with van der Waals surface area (Å²) in [7, 11) is 0. The average molecular weight is 375 g/mol. The maximum atomic E-state index is 12.9. The van der Waals surface area contributed by atoms with Gasteiger partial charge in [0.15, 0.2) is 5.76 Å². The van der Waals surface area contributed by atoms with Gasteiger partial charge in [0, 0.05) is 32.7 Å². The summed E-state index contributed by atoms with van der Waals surface area (Å²) < 4.78 is 5.10. The topological polar surface area (TPSA) is 65.8 Å². The second-order valence-electron chi connectivity index (χ2n) is 7.04. The number of carbonyl (C=O) groups is 2. The second kappa shape index (κ2) is 8.05. The van der Waals surface area contributed by atoms with E-state index < -0.39 is 0 Å². The first kappa shape index (κ1) is 18.7. The van der Waals surface area contributed by atoms with E-state index in [4.69, 9.17) is 4.42 Å². The Bertz CT molecular complexity index is 759. The molecule has 0 unspecified atom stereocenters. The van der Waals surface area contributed by atoms with Crippen LogP contribution in [-0.2, 0) is 0 Å². The zero-order chi connectivity index (χ0) is 18.7.